The minimum atomic E-state index is -0.546. The number of ether oxygens (including phenoxy) is 2. The Bertz CT molecular complexity index is 2020. The first-order chi connectivity index (χ1) is 25.8. The van der Waals surface area contributed by atoms with Crippen molar-refractivity contribution < 1.29 is 34.1 Å². The minimum absolute atomic E-state index is 0.0679. The van der Waals surface area contributed by atoms with Crippen LogP contribution in [0.5, 0.6) is 11.5 Å². The molecule has 2 aromatic heterocycles. The quantitative estimate of drug-likeness (QED) is 0.0906. The topological polar surface area (TPSA) is 158 Å². The highest BCUT2D eigenvalue weighted by Crippen LogP contribution is 2.42. The number of hydrogen-bond donors (Lipinski definition) is 4. The third-order valence-corrected chi connectivity index (χ3v) is 8.42. The Hall–Kier alpha value is -5.21. The zero-order chi connectivity index (χ0) is 38.5. The van der Waals surface area contributed by atoms with Gasteiger partial charge in [-0.2, -0.15) is 0 Å². The number of aliphatic hydroxyl groups is 1. The molecule has 0 atom stereocenters. The Morgan fingerprint density at radius 1 is 1.00 bits per heavy atom. The summed E-state index contributed by atoms with van der Waals surface area (Å²) < 4.78 is 13.1. The van der Waals surface area contributed by atoms with Crippen LogP contribution in [0.25, 0.3) is 16.4 Å². The lowest BCUT2D eigenvalue weighted by atomic mass is 9.97. The van der Waals surface area contributed by atoms with Gasteiger partial charge in [0.15, 0.2) is 0 Å². The zero-order valence-corrected chi connectivity index (χ0v) is 31.4. The zero-order valence-electron chi connectivity index (χ0n) is 30.7. The van der Waals surface area contributed by atoms with Crippen LogP contribution in [0, 0.1) is 6.92 Å². The number of benzene rings is 3. The van der Waals surface area contributed by atoms with E-state index in [1.54, 1.807) is 51.8 Å². The Morgan fingerprint density at radius 3 is 2.47 bits per heavy atom. The van der Waals surface area contributed by atoms with Gasteiger partial charge in [0.2, 0.25) is 0 Å². The van der Waals surface area contributed by atoms with Crippen LogP contribution in [0.3, 0.4) is 0 Å². The van der Waals surface area contributed by atoms with Gasteiger partial charge in [0, 0.05) is 62.0 Å². The Morgan fingerprint density at radius 2 is 1.75 bits per heavy atom. The van der Waals surface area contributed by atoms with Gasteiger partial charge >= 0.3 is 6.09 Å². The molecule has 1 aliphatic heterocycles. The van der Waals surface area contributed by atoms with Crippen LogP contribution in [0.4, 0.5) is 16.2 Å². The van der Waals surface area contributed by atoms with Crippen molar-refractivity contribution in [2.24, 2.45) is 0 Å². The smallest absolute Gasteiger partial charge is 0.415 e. The van der Waals surface area contributed by atoms with Crippen LogP contribution in [-0.4, -0.2) is 102 Å². The number of phenols is 1. The van der Waals surface area contributed by atoms with E-state index in [9.17, 15) is 19.5 Å². The van der Waals surface area contributed by atoms with E-state index in [-0.39, 0.29) is 49.6 Å². The van der Waals surface area contributed by atoms with E-state index in [4.69, 9.17) is 14.6 Å². The fraction of sp³-hybridized carbons (Fsp3) is 0.333. The van der Waals surface area contributed by atoms with Gasteiger partial charge in [-0.3, -0.25) is 9.59 Å². The molecule has 0 unspecified atom stereocenters. The molecule has 6 rings (SSSR count). The summed E-state index contributed by atoms with van der Waals surface area (Å²) in [6.45, 7) is 7.96. The summed E-state index contributed by atoms with van der Waals surface area (Å²) in [6, 6.07) is 16.9. The molecule has 5 aromatic rings. The van der Waals surface area contributed by atoms with Gasteiger partial charge in [0.25, 0.3) is 11.8 Å². The molecule has 0 bridgehead atoms. The van der Waals surface area contributed by atoms with Crippen LogP contribution in [-0.2, 0) is 11.2 Å². The molecule has 3 amide bonds. The Balaban J connectivity index is 0.00000152. The van der Waals surface area contributed by atoms with E-state index < -0.39 is 6.09 Å². The number of carbonyl (C=O) groups excluding carboxylic acids is 3. The second-order valence-corrected chi connectivity index (χ2v) is 11.7. The molecule has 13 nitrogen and oxygen atoms in total. The van der Waals surface area contributed by atoms with Gasteiger partial charge in [-0.05, 0) is 73.3 Å². The SMILES string of the molecule is CC.CCl.CNCCN(CCOCCO)C(=O)Oc1cc2c(c3c(C)cccc13)CCN2C(=O)c1cn2cc(NC(=O)c3ccc(O)cc3)ccc2n1. The van der Waals surface area contributed by atoms with Crippen LogP contribution in [0.1, 0.15) is 45.8 Å². The number of pyridine rings is 1. The summed E-state index contributed by atoms with van der Waals surface area (Å²) in [7, 11) is 1.80. The Kier molecular flexibility index (Phi) is 15.0. The predicted octanol–water partition coefficient (Wildman–Crippen LogP) is 5.87. The van der Waals surface area contributed by atoms with E-state index in [1.807, 2.05) is 39.0 Å². The van der Waals surface area contributed by atoms with Crippen molar-refractivity contribution in [3.63, 3.8) is 0 Å². The number of carbonyl (C=O) groups is 3. The number of nitrogens with one attached hydrogen (secondary N) is 2. The van der Waals surface area contributed by atoms with Crippen molar-refractivity contribution in [1.29, 1.82) is 0 Å². The highest BCUT2D eigenvalue weighted by atomic mass is 35.5. The number of fused-ring (bicyclic) bond motifs is 4. The fourth-order valence-electron chi connectivity index (χ4n) is 5.99. The number of aliphatic hydroxyl groups excluding tert-OH is 1. The van der Waals surface area contributed by atoms with E-state index in [1.165, 1.54) is 30.6 Å². The molecule has 53 heavy (non-hydrogen) atoms. The maximum atomic E-state index is 14.0. The summed E-state index contributed by atoms with van der Waals surface area (Å²) >= 11 is 4.64. The summed E-state index contributed by atoms with van der Waals surface area (Å²) in [4.78, 5) is 48.0. The molecular formula is C39H47ClN6O7. The first kappa shape index (κ1) is 40.6. The molecule has 3 aromatic carbocycles. The van der Waals surface area contributed by atoms with E-state index in [2.05, 4.69) is 27.2 Å². The third kappa shape index (κ3) is 9.62. The second kappa shape index (κ2) is 19.6. The number of aromatic hydroxyl groups is 1. The average Bonchev–Trinajstić information content (AvgIpc) is 3.80. The second-order valence-electron chi connectivity index (χ2n) is 11.7. The standard InChI is InChI=1S/C36H38N6O7.C2H6.CH3Cl/c1-23-4-3-5-28-31(49-36(47)40(15-13-37-2)16-18-48-19-17-43)20-30-27(33(23)28)12-14-42(30)35(46)29-22-41-21-25(8-11-32(41)39-29)38-34(45)24-6-9-26(44)10-7-24;2*1-2/h3-11,20-22,37,43-44H,12-19H2,1-2H3,(H,38,45);1-2H3;1H3. The monoisotopic (exact) mass is 746 g/mol. The molecule has 14 heteroatoms. The number of halogens is 1. The van der Waals surface area contributed by atoms with Crippen LogP contribution in [0.2, 0.25) is 0 Å². The van der Waals surface area contributed by atoms with Gasteiger partial charge in [-0.15, -0.1) is 11.6 Å². The molecule has 0 spiro atoms. The molecule has 4 N–H and O–H groups in total. The molecule has 282 valence electrons. The molecule has 3 heterocycles. The molecule has 0 saturated heterocycles. The number of anilines is 2. The highest BCUT2D eigenvalue weighted by Gasteiger charge is 2.31. The van der Waals surface area contributed by atoms with Crippen molar-refractivity contribution >= 4 is 57.3 Å². The molecule has 0 fully saturated rings. The Labute approximate surface area is 314 Å². The number of imidazole rings is 1. The summed E-state index contributed by atoms with van der Waals surface area (Å²) in [6.07, 6.45) is 4.85. The first-order valence-electron chi connectivity index (χ1n) is 17.4. The van der Waals surface area contributed by atoms with Crippen LogP contribution < -0.4 is 20.3 Å². The average molecular weight is 747 g/mol. The third-order valence-electron chi connectivity index (χ3n) is 8.42. The summed E-state index contributed by atoms with van der Waals surface area (Å²) in [5.41, 5.74) is 4.29. The van der Waals surface area contributed by atoms with Gasteiger partial charge in [-0.25, -0.2) is 9.78 Å². The van der Waals surface area contributed by atoms with Crippen molar-refractivity contribution in [1.82, 2.24) is 19.6 Å². The molecule has 0 radical (unpaired) electrons. The lowest BCUT2D eigenvalue weighted by molar-refractivity contribution is 0.0731. The van der Waals surface area contributed by atoms with Gasteiger partial charge in [0.1, 0.15) is 22.8 Å². The summed E-state index contributed by atoms with van der Waals surface area (Å²) in [5.74, 6) is -0.238. The number of amides is 3. The first-order valence-corrected chi connectivity index (χ1v) is 18.2. The van der Waals surface area contributed by atoms with E-state index >= 15 is 0 Å². The van der Waals surface area contributed by atoms with Crippen LogP contribution >= 0.6 is 11.6 Å². The molecular weight excluding hydrogens is 700 g/mol. The number of aryl methyl sites for hydroxylation is 1. The number of hydrogen-bond acceptors (Lipinski definition) is 9. The van der Waals surface area contributed by atoms with Crippen molar-refractivity contribution in [2.45, 2.75) is 27.2 Å². The highest BCUT2D eigenvalue weighted by molar-refractivity contribution is 6.15. The van der Waals surface area contributed by atoms with Gasteiger partial charge < -0.3 is 44.5 Å². The molecule has 0 aliphatic carbocycles. The van der Waals surface area contributed by atoms with Gasteiger partial charge in [-0.1, -0.05) is 32.0 Å². The lowest BCUT2D eigenvalue weighted by Gasteiger charge is -2.23. The largest absolute Gasteiger partial charge is 0.508 e. The van der Waals surface area contributed by atoms with Crippen LogP contribution in [0.15, 0.2) is 73.1 Å². The summed E-state index contributed by atoms with van der Waals surface area (Å²) in [5, 5.41) is 26.1. The minimum Gasteiger partial charge on any atom is -0.508 e. The van der Waals surface area contributed by atoms with Crippen molar-refractivity contribution in [3.8, 4) is 11.5 Å². The van der Waals surface area contributed by atoms with Crippen molar-refractivity contribution in [3.05, 3.63) is 95.4 Å². The normalized spacial score (nSPS) is 11.6. The molecule has 1 aliphatic rings. The van der Waals surface area contributed by atoms with E-state index in [0.717, 1.165) is 21.9 Å². The fourth-order valence-corrected chi connectivity index (χ4v) is 5.99. The maximum Gasteiger partial charge on any atom is 0.415 e. The lowest BCUT2D eigenvalue weighted by Crippen LogP contribution is -2.40. The number of phenolic OH excluding ortho intramolecular Hbond substituents is 1. The number of rotatable bonds is 12. The van der Waals surface area contributed by atoms with Crippen molar-refractivity contribution in [2.75, 3.05) is 69.6 Å². The van der Waals surface area contributed by atoms with E-state index in [0.29, 0.717) is 54.4 Å². The number of aromatic nitrogens is 2. The molecule has 0 saturated carbocycles. The number of likely N-dealkylation sites (N-methyl/N-ethyl adjacent to an activating group) is 1. The maximum absolute atomic E-state index is 14.0. The van der Waals surface area contributed by atoms with Gasteiger partial charge in [0.05, 0.1) is 31.2 Å². The number of alkyl halides is 1. The number of nitrogens with zero attached hydrogens (tertiary/aromatic N) is 4. The predicted molar refractivity (Wildman–Crippen MR) is 208 cm³/mol.